The van der Waals surface area contributed by atoms with E-state index in [0.717, 1.165) is 0 Å². The largest absolute Gasteiger partial charge is 0.452 e. The van der Waals surface area contributed by atoms with Crippen molar-refractivity contribution >= 4 is 17.4 Å². The molecule has 76 valence electrons. The van der Waals surface area contributed by atoms with Crippen LogP contribution in [0.25, 0.3) is 0 Å². The monoisotopic (exact) mass is 224 g/mol. The van der Waals surface area contributed by atoms with E-state index in [4.69, 9.17) is 16.0 Å². The normalized spacial score (nSPS) is 10.3. The van der Waals surface area contributed by atoms with Crippen molar-refractivity contribution in [2.24, 2.45) is 0 Å². The lowest BCUT2D eigenvalue weighted by molar-refractivity contribution is 0.103. The Morgan fingerprint density at radius 2 is 1.87 bits per heavy atom. The first-order chi connectivity index (χ1) is 7.18. The quantitative estimate of drug-likeness (QED) is 0.733. The first kappa shape index (κ1) is 9.93. The summed E-state index contributed by atoms with van der Waals surface area (Å²) in [5.74, 6) is -0.668. The average molecular weight is 225 g/mol. The highest BCUT2D eigenvalue weighted by atomic mass is 35.5. The number of carbonyl (C=O) groups excluding carboxylic acids is 1. The van der Waals surface area contributed by atoms with Gasteiger partial charge in [-0.25, -0.2) is 4.39 Å². The van der Waals surface area contributed by atoms with Gasteiger partial charge in [0.1, 0.15) is 5.82 Å². The maximum Gasteiger partial charge on any atom is 0.204 e. The number of furan rings is 1. The lowest BCUT2D eigenvalue weighted by atomic mass is 10.1. The fraction of sp³-hybridized carbons (Fsp3) is 0. The van der Waals surface area contributed by atoms with E-state index in [1.165, 1.54) is 36.6 Å². The highest BCUT2D eigenvalue weighted by Crippen LogP contribution is 2.20. The van der Waals surface area contributed by atoms with Crippen LogP contribution in [0.5, 0.6) is 0 Å². The molecule has 2 rings (SSSR count). The molecule has 0 saturated heterocycles. The molecule has 0 bridgehead atoms. The van der Waals surface area contributed by atoms with Crippen molar-refractivity contribution in [1.82, 2.24) is 0 Å². The van der Waals surface area contributed by atoms with Crippen LogP contribution in [-0.4, -0.2) is 5.78 Å². The molecule has 2 aromatic rings. The minimum atomic E-state index is -0.384. The average Bonchev–Trinajstić information content (AvgIpc) is 2.65. The molecule has 0 saturated carbocycles. The molecule has 1 aromatic heterocycles. The van der Waals surface area contributed by atoms with Gasteiger partial charge >= 0.3 is 0 Å². The zero-order valence-electron chi connectivity index (χ0n) is 7.54. The number of rotatable bonds is 2. The SMILES string of the molecule is O=C(c1ccc(F)cc1)c1ccoc1Cl. The van der Waals surface area contributed by atoms with E-state index in [0.29, 0.717) is 5.56 Å². The number of carbonyl (C=O) groups is 1. The van der Waals surface area contributed by atoms with Crippen molar-refractivity contribution in [2.45, 2.75) is 0 Å². The van der Waals surface area contributed by atoms with Gasteiger partial charge in [-0.15, -0.1) is 0 Å². The smallest absolute Gasteiger partial charge is 0.204 e. The van der Waals surface area contributed by atoms with E-state index in [9.17, 15) is 9.18 Å². The number of halogens is 2. The molecule has 4 heteroatoms. The maximum atomic E-state index is 12.6. The van der Waals surface area contributed by atoms with Gasteiger partial charge in [0.15, 0.2) is 5.78 Å². The molecule has 0 spiro atoms. The van der Waals surface area contributed by atoms with Gasteiger partial charge in [0, 0.05) is 5.56 Å². The van der Waals surface area contributed by atoms with Crippen LogP contribution >= 0.6 is 11.6 Å². The van der Waals surface area contributed by atoms with Gasteiger partial charge in [0.05, 0.1) is 11.8 Å². The summed E-state index contributed by atoms with van der Waals surface area (Å²) in [7, 11) is 0. The summed E-state index contributed by atoms with van der Waals surface area (Å²) in [4.78, 5) is 11.8. The van der Waals surface area contributed by atoms with Crippen LogP contribution in [-0.2, 0) is 0 Å². The molecule has 0 fully saturated rings. The Bertz CT molecular complexity index is 488. The lowest BCUT2D eigenvalue weighted by Gasteiger charge is -1.97. The van der Waals surface area contributed by atoms with Gasteiger partial charge in [0.2, 0.25) is 5.22 Å². The third-order valence-corrected chi connectivity index (χ3v) is 2.26. The second-order valence-corrected chi connectivity index (χ2v) is 3.29. The van der Waals surface area contributed by atoms with Crippen molar-refractivity contribution in [2.75, 3.05) is 0 Å². The van der Waals surface area contributed by atoms with Crippen LogP contribution in [0.3, 0.4) is 0 Å². The summed E-state index contributed by atoms with van der Waals surface area (Å²) < 4.78 is 17.4. The molecule has 0 aliphatic heterocycles. The van der Waals surface area contributed by atoms with Crippen LogP contribution in [0.15, 0.2) is 41.0 Å². The maximum absolute atomic E-state index is 12.6. The number of benzene rings is 1. The van der Waals surface area contributed by atoms with Crippen LogP contribution in [0, 0.1) is 5.82 Å². The third kappa shape index (κ3) is 1.92. The Morgan fingerprint density at radius 3 is 2.40 bits per heavy atom. The van der Waals surface area contributed by atoms with Crippen molar-refractivity contribution in [3.05, 3.63) is 58.8 Å². The van der Waals surface area contributed by atoms with Gasteiger partial charge in [-0.3, -0.25) is 4.79 Å². The van der Waals surface area contributed by atoms with Gasteiger partial charge < -0.3 is 4.42 Å². The van der Waals surface area contributed by atoms with Gasteiger partial charge in [-0.2, -0.15) is 0 Å². The molecule has 2 nitrogen and oxygen atoms in total. The van der Waals surface area contributed by atoms with E-state index in [-0.39, 0.29) is 22.4 Å². The summed E-state index contributed by atoms with van der Waals surface area (Å²) in [6, 6.07) is 6.73. The molecular weight excluding hydrogens is 219 g/mol. The molecule has 0 radical (unpaired) electrons. The van der Waals surface area contributed by atoms with Gasteiger partial charge in [0.25, 0.3) is 0 Å². The standard InChI is InChI=1S/C11H6ClFO2/c12-11-9(5-6-15-11)10(14)7-1-3-8(13)4-2-7/h1-6H. The Labute approximate surface area is 90.3 Å². The van der Waals surface area contributed by atoms with Crippen molar-refractivity contribution < 1.29 is 13.6 Å². The van der Waals surface area contributed by atoms with Gasteiger partial charge in [-0.1, -0.05) is 0 Å². The van der Waals surface area contributed by atoms with Crippen LogP contribution < -0.4 is 0 Å². The Kier molecular flexibility index (Phi) is 2.56. The predicted octanol–water partition coefficient (Wildman–Crippen LogP) is 3.30. The predicted molar refractivity (Wildman–Crippen MR) is 53.6 cm³/mol. The highest BCUT2D eigenvalue weighted by Gasteiger charge is 2.14. The molecule has 0 amide bonds. The minimum absolute atomic E-state index is 0.0457. The zero-order chi connectivity index (χ0) is 10.8. The third-order valence-electron chi connectivity index (χ3n) is 1.97. The Balaban J connectivity index is 2.37. The molecule has 15 heavy (non-hydrogen) atoms. The molecule has 1 aromatic carbocycles. The lowest BCUT2D eigenvalue weighted by Crippen LogP contribution is -1.99. The van der Waals surface area contributed by atoms with Crippen LogP contribution in [0.4, 0.5) is 4.39 Å². The molecule has 0 atom stereocenters. The fourth-order valence-electron chi connectivity index (χ4n) is 1.21. The topological polar surface area (TPSA) is 30.2 Å². The first-order valence-corrected chi connectivity index (χ1v) is 4.59. The van der Waals surface area contributed by atoms with Crippen LogP contribution in [0.2, 0.25) is 5.22 Å². The molecule has 0 N–H and O–H groups in total. The van der Waals surface area contributed by atoms with E-state index in [1.54, 1.807) is 0 Å². The van der Waals surface area contributed by atoms with Crippen LogP contribution in [0.1, 0.15) is 15.9 Å². The summed E-state index contributed by atoms with van der Waals surface area (Å²) >= 11 is 5.65. The summed E-state index contributed by atoms with van der Waals surface area (Å²) in [6.07, 6.45) is 1.33. The van der Waals surface area contributed by atoms with Gasteiger partial charge in [-0.05, 0) is 41.9 Å². The summed E-state index contributed by atoms with van der Waals surface area (Å²) in [5, 5.41) is 0.0457. The zero-order valence-corrected chi connectivity index (χ0v) is 8.29. The number of ketones is 1. The molecule has 0 aliphatic carbocycles. The fourth-order valence-corrected chi connectivity index (χ4v) is 1.41. The van der Waals surface area contributed by atoms with E-state index in [1.807, 2.05) is 0 Å². The Hall–Kier alpha value is -1.61. The molecular formula is C11H6ClFO2. The minimum Gasteiger partial charge on any atom is -0.452 e. The van der Waals surface area contributed by atoms with Crippen molar-refractivity contribution in [3.63, 3.8) is 0 Å². The first-order valence-electron chi connectivity index (χ1n) is 4.22. The Morgan fingerprint density at radius 1 is 1.20 bits per heavy atom. The van der Waals surface area contributed by atoms with E-state index < -0.39 is 0 Å². The molecule has 0 unspecified atom stereocenters. The number of hydrogen-bond donors (Lipinski definition) is 0. The summed E-state index contributed by atoms with van der Waals surface area (Å²) in [6.45, 7) is 0. The van der Waals surface area contributed by atoms with Crippen molar-refractivity contribution in [1.29, 1.82) is 0 Å². The van der Waals surface area contributed by atoms with E-state index >= 15 is 0 Å². The van der Waals surface area contributed by atoms with E-state index in [2.05, 4.69) is 0 Å². The molecule has 1 heterocycles. The highest BCUT2D eigenvalue weighted by molar-refractivity contribution is 6.33. The molecule has 0 aliphatic rings. The number of hydrogen-bond acceptors (Lipinski definition) is 2. The summed E-state index contributed by atoms with van der Waals surface area (Å²) in [5.41, 5.74) is 0.656. The second-order valence-electron chi connectivity index (χ2n) is 2.94. The second kappa shape index (κ2) is 3.87. The van der Waals surface area contributed by atoms with Crippen molar-refractivity contribution in [3.8, 4) is 0 Å².